The van der Waals surface area contributed by atoms with E-state index in [1.807, 2.05) is 38.1 Å². The highest BCUT2D eigenvalue weighted by atomic mass is 127. The fourth-order valence-electron chi connectivity index (χ4n) is 2.23. The molecule has 0 unspecified atom stereocenters. The van der Waals surface area contributed by atoms with Crippen LogP contribution in [0.25, 0.3) is 0 Å². The maximum atomic E-state index is 5.63. The van der Waals surface area contributed by atoms with Crippen LogP contribution in [-0.4, -0.2) is 36.3 Å². The number of aromatic nitrogens is 2. The van der Waals surface area contributed by atoms with Gasteiger partial charge in [-0.15, -0.1) is 24.0 Å². The molecular weight excluding hydrogens is 433 g/mol. The minimum absolute atomic E-state index is 0. The van der Waals surface area contributed by atoms with Crippen molar-refractivity contribution in [2.45, 2.75) is 33.2 Å². The Morgan fingerprint density at radius 2 is 2.08 bits per heavy atom. The van der Waals surface area contributed by atoms with Gasteiger partial charge < -0.3 is 19.9 Å². The first-order chi connectivity index (χ1) is 11.7. The number of para-hydroxylation sites is 1. The van der Waals surface area contributed by atoms with Gasteiger partial charge in [-0.05, 0) is 26.3 Å². The molecule has 1 heterocycles. The van der Waals surface area contributed by atoms with Gasteiger partial charge in [-0.1, -0.05) is 23.4 Å². The van der Waals surface area contributed by atoms with Crippen LogP contribution in [0.4, 0.5) is 0 Å². The van der Waals surface area contributed by atoms with E-state index >= 15 is 0 Å². The number of ether oxygens (including phenoxy) is 1. The average Bonchev–Trinajstić information content (AvgIpc) is 3.01. The quantitative estimate of drug-likeness (QED) is 0.273. The number of halogens is 1. The molecule has 0 saturated carbocycles. The number of hydrogen-bond acceptors (Lipinski definition) is 5. The van der Waals surface area contributed by atoms with E-state index < -0.39 is 0 Å². The van der Waals surface area contributed by atoms with Gasteiger partial charge in [0.25, 0.3) is 0 Å². The summed E-state index contributed by atoms with van der Waals surface area (Å²) >= 11 is 0. The first-order valence-corrected chi connectivity index (χ1v) is 8.17. The molecule has 0 bridgehead atoms. The highest BCUT2D eigenvalue weighted by Gasteiger charge is 2.05. The molecule has 2 rings (SSSR count). The van der Waals surface area contributed by atoms with Crippen molar-refractivity contribution in [3.8, 4) is 5.75 Å². The Bertz CT molecular complexity index is 660. The molecule has 0 aliphatic rings. The zero-order valence-corrected chi connectivity index (χ0v) is 17.2. The maximum Gasteiger partial charge on any atom is 0.226 e. The Hall–Kier alpha value is -1.84. The average molecular weight is 459 g/mol. The number of benzene rings is 1. The summed E-state index contributed by atoms with van der Waals surface area (Å²) in [7, 11) is 1.76. The molecule has 2 N–H and O–H groups in total. The monoisotopic (exact) mass is 459 g/mol. The van der Waals surface area contributed by atoms with Gasteiger partial charge >= 0.3 is 0 Å². The van der Waals surface area contributed by atoms with Crippen molar-refractivity contribution in [3.05, 3.63) is 41.5 Å². The molecule has 0 aliphatic heterocycles. The van der Waals surface area contributed by atoms with Crippen LogP contribution in [-0.2, 0) is 13.0 Å². The van der Waals surface area contributed by atoms with Crippen LogP contribution in [0.2, 0.25) is 0 Å². The maximum absolute atomic E-state index is 5.63. The topological polar surface area (TPSA) is 84.6 Å². The zero-order valence-electron chi connectivity index (χ0n) is 14.9. The predicted octanol–water partition coefficient (Wildman–Crippen LogP) is 2.69. The molecule has 1 aromatic carbocycles. The molecule has 0 saturated heterocycles. The fourth-order valence-corrected chi connectivity index (χ4v) is 2.23. The zero-order chi connectivity index (χ0) is 17.2. The largest absolute Gasteiger partial charge is 0.494 e. The summed E-state index contributed by atoms with van der Waals surface area (Å²) in [5.41, 5.74) is 1.10. The summed E-state index contributed by atoms with van der Waals surface area (Å²) in [5.74, 6) is 2.99. The van der Waals surface area contributed by atoms with Gasteiger partial charge in [-0.3, -0.25) is 4.99 Å². The SMILES string of the molecule is CCOc1ccccc1CNC(=NC)NCCCc1nc(C)no1.I. The standard InChI is InChI=1S/C17H25N5O2.HI/c1-4-23-15-9-6-5-8-14(15)12-20-17(18-3)19-11-7-10-16-21-13(2)22-24-16;/h5-6,8-9H,4,7,10-12H2,1-3H3,(H2,18,19,20);1H. The third-order valence-corrected chi connectivity index (χ3v) is 3.37. The van der Waals surface area contributed by atoms with Gasteiger partial charge in [0.2, 0.25) is 5.89 Å². The molecule has 0 radical (unpaired) electrons. The van der Waals surface area contributed by atoms with E-state index in [9.17, 15) is 0 Å². The Balaban J connectivity index is 0.00000312. The molecule has 0 spiro atoms. The summed E-state index contributed by atoms with van der Waals surface area (Å²) in [6.07, 6.45) is 1.63. The minimum Gasteiger partial charge on any atom is -0.494 e. The lowest BCUT2D eigenvalue weighted by Gasteiger charge is -2.14. The van der Waals surface area contributed by atoms with Crippen LogP contribution in [0, 0.1) is 6.92 Å². The molecule has 7 nitrogen and oxygen atoms in total. The summed E-state index contributed by atoms with van der Waals surface area (Å²) in [6, 6.07) is 8.00. The lowest BCUT2D eigenvalue weighted by Crippen LogP contribution is -2.37. The van der Waals surface area contributed by atoms with Gasteiger partial charge in [0.15, 0.2) is 11.8 Å². The highest BCUT2D eigenvalue weighted by Crippen LogP contribution is 2.17. The summed E-state index contributed by atoms with van der Waals surface area (Å²) in [4.78, 5) is 8.41. The number of hydrogen-bond donors (Lipinski definition) is 2. The van der Waals surface area contributed by atoms with Gasteiger partial charge in [-0.2, -0.15) is 4.98 Å². The Morgan fingerprint density at radius 1 is 1.28 bits per heavy atom. The van der Waals surface area contributed by atoms with Crippen LogP contribution in [0.1, 0.15) is 30.6 Å². The summed E-state index contributed by atoms with van der Waals surface area (Å²) < 4.78 is 10.7. The van der Waals surface area contributed by atoms with Crippen molar-refractivity contribution in [1.29, 1.82) is 0 Å². The van der Waals surface area contributed by atoms with E-state index in [-0.39, 0.29) is 24.0 Å². The lowest BCUT2D eigenvalue weighted by atomic mass is 10.2. The van der Waals surface area contributed by atoms with Crippen molar-refractivity contribution in [2.75, 3.05) is 20.2 Å². The van der Waals surface area contributed by atoms with Crippen LogP contribution in [0.5, 0.6) is 5.75 Å². The van der Waals surface area contributed by atoms with Gasteiger partial charge in [0.05, 0.1) is 6.61 Å². The first-order valence-electron chi connectivity index (χ1n) is 8.17. The fraction of sp³-hybridized carbons (Fsp3) is 0.471. The highest BCUT2D eigenvalue weighted by molar-refractivity contribution is 14.0. The van der Waals surface area contributed by atoms with Crippen LogP contribution < -0.4 is 15.4 Å². The second kappa shape index (κ2) is 11.7. The minimum atomic E-state index is 0. The summed E-state index contributed by atoms with van der Waals surface area (Å²) in [6.45, 7) is 5.87. The summed E-state index contributed by atoms with van der Waals surface area (Å²) in [5, 5.41) is 10.3. The molecule has 1 aromatic heterocycles. The van der Waals surface area contributed by atoms with E-state index in [0.29, 0.717) is 24.9 Å². The number of nitrogens with zero attached hydrogens (tertiary/aromatic N) is 3. The first kappa shape index (κ1) is 21.2. The Kier molecular flexibility index (Phi) is 9.90. The number of nitrogens with one attached hydrogen (secondary N) is 2. The number of aryl methyl sites for hydroxylation is 2. The van der Waals surface area contributed by atoms with E-state index in [1.165, 1.54) is 0 Å². The molecule has 25 heavy (non-hydrogen) atoms. The molecule has 0 fully saturated rings. The molecule has 0 amide bonds. The van der Waals surface area contributed by atoms with E-state index in [0.717, 1.165) is 36.7 Å². The third kappa shape index (κ3) is 7.29. The normalized spacial score (nSPS) is 10.9. The van der Waals surface area contributed by atoms with Crippen molar-refractivity contribution < 1.29 is 9.26 Å². The molecule has 0 aliphatic carbocycles. The van der Waals surface area contributed by atoms with Crippen molar-refractivity contribution in [1.82, 2.24) is 20.8 Å². The van der Waals surface area contributed by atoms with Crippen molar-refractivity contribution in [3.63, 3.8) is 0 Å². The van der Waals surface area contributed by atoms with E-state index in [1.54, 1.807) is 7.05 Å². The number of rotatable bonds is 8. The molecule has 8 heteroatoms. The second-order valence-corrected chi connectivity index (χ2v) is 5.23. The van der Waals surface area contributed by atoms with Crippen molar-refractivity contribution >= 4 is 29.9 Å². The molecular formula is C17H26IN5O2. The van der Waals surface area contributed by atoms with E-state index in [4.69, 9.17) is 9.26 Å². The van der Waals surface area contributed by atoms with Gasteiger partial charge in [0.1, 0.15) is 5.75 Å². The number of aliphatic imine (C=N–C) groups is 1. The van der Waals surface area contributed by atoms with Crippen molar-refractivity contribution in [2.24, 2.45) is 4.99 Å². The van der Waals surface area contributed by atoms with Crippen LogP contribution in [0.15, 0.2) is 33.8 Å². The molecule has 138 valence electrons. The Labute approximate surface area is 165 Å². The molecule has 0 atom stereocenters. The van der Waals surface area contributed by atoms with Gasteiger partial charge in [0, 0.05) is 32.1 Å². The second-order valence-electron chi connectivity index (χ2n) is 5.23. The third-order valence-electron chi connectivity index (χ3n) is 3.37. The van der Waals surface area contributed by atoms with Crippen LogP contribution in [0.3, 0.4) is 0 Å². The smallest absolute Gasteiger partial charge is 0.226 e. The van der Waals surface area contributed by atoms with Gasteiger partial charge in [-0.25, -0.2) is 0 Å². The lowest BCUT2D eigenvalue weighted by molar-refractivity contribution is 0.336. The Morgan fingerprint density at radius 3 is 2.76 bits per heavy atom. The van der Waals surface area contributed by atoms with E-state index in [2.05, 4.69) is 25.8 Å². The van der Waals surface area contributed by atoms with Crippen LogP contribution >= 0.6 is 24.0 Å². The molecule has 2 aromatic rings. The predicted molar refractivity (Wildman–Crippen MR) is 109 cm³/mol. The number of guanidine groups is 1.